The van der Waals surface area contributed by atoms with Crippen LogP contribution >= 0.6 is 46.6 Å². The molecular weight excluding hydrogens is 387 g/mol. The van der Waals surface area contributed by atoms with Crippen molar-refractivity contribution in [3.8, 4) is 0 Å². The minimum atomic E-state index is 0.574. The lowest BCUT2D eigenvalue weighted by Gasteiger charge is -2.28. The van der Waals surface area contributed by atoms with E-state index in [2.05, 4.69) is 56.6 Å². The van der Waals surface area contributed by atoms with Crippen molar-refractivity contribution in [3.63, 3.8) is 0 Å². The number of thioether (sulfide) groups is 1. The van der Waals surface area contributed by atoms with E-state index in [4.69, 9.17) is 12.2 Å². The van der Waals surface area contributed by atoms with Gasteiger partial charge in [0.2, 0.25) is 0 Å². The number of hydrogen-bond donors (Lipinski definition) is 1. The van der Waals surface area contributed by atoms with Crippen LogP contribution < -0.4 is 0 Å². The van der Waals surface area contributed by atoms with Crippen molar-refractivity contribution in [2.75, 3.05) is 6.26 Å². The van der Waals surface area contributed by atoms with Gasteiger partial charge in [-0.15, -0.1) is 0 Å². The summed E-state index contributed by atoms with van der Waals surface area (Å²) in [7, 11) is 0. The fourth-order valence-electron chi connectivity index (χ4n) is 3.00. The summed E-state index contributed by atoms with van der Waals surface area (Å²) in [5.41, 5.74) is 2.43. The Morgan fingerprint density at radius 3 is 2.74 bits per heavy atom. The van der Waals surface area contributed by atoms with Gasteiger partial charge in [0.25, 0.3) is 0 Å². The van der Waals surface area contributed by atoms with Crippen LogP contribution in [0.25, 0.3) is 11.0 Å². The standard InChI is InChI=1S/C14H17IN2S2/c1-19-11-5-3-10(4-6-11)17-13-7-2-9(15)8-12(13)16-14(17)18/h2,7-8,10-11H,3-6H2,1H3,(H,16,18). The third kappa shape index (κ3) is 2.74. The largest absolute Gasteiger partial charge is 0.331 e. The van der Waals surface area contributed by atoms with E-state index in [0.29, 0.717) is 6.04 Å². The molecule has 19 heavy (non-hydrogen) atoms. The summed E-state index contributed by atoms with van der Waals surface area (Å²) in [5.74, 6) is 0. The molecule has 0 aliphatic heterocycles. The first-order valence-corrected chi connectivity index (χ1v) is 9.39. The van der Waals surface area contributed by atoms with Crippen LogP contribution in [-0.2, 0) is 0 Å². The molecule has 2 nitrogen and oxygen atoms in total. The Kier molecular flexibility index (Phi) is 4.24. The van der Waals surface area contributed by atoms with Crippen LogP contribution in [0.15, 0.2) is 18.2 Å². The van der Waals surface area contributed by atoms with E-state index < -0.39 is 0 Å². The predicted octanol–water partition coefficient (Wildman–Crippen LogP) is 5.15. The van der Waals surface area contributed by atoms with Gasteiger partial charge in [0.15, 0.2) is 4.77 Å². The maximum atomic E-state index is 5.53. The Balaban J connectivity index is 1.97. The molecular formula is C14H17IN2S2. The van der Waals surface area contributed by atoms with Crippen molar-refractivity contribution < 1.29 is 0 Å². The number of rotatable bonds is 2. The lowest BCUT2D eigenvalue weighted by Crippen LogP contribution is -2.19. The van der Waals surface area contributed by atoms with Gasteiger partial charge in [-0.2, -0.15) is 11.8 Å². The van der Waals surface area contributed by atoms with Crippen LogP contribution in [0.4, 0.5) is 0 Å². The Labute approximate surface area is 136 Å². The zero-order valence-corrected chi connectivity index (χ0v) is 14.6. The van der Waals surface area contributed by atoms with Gasteiger partial charge in [-0.05, 0) is 84.9 Å². The number of halogens is 1. The molecule has 0 saturated heterocycles. The lowest BCUT2D eigenvalue weighted by atomic mass is 9.94. The molecule has 1 N–H and O–H groups in total. The van der Waals surface area contributed by atoms with Crippen LogP contribution in [-0.4, -0.2) is 21.1 Å². The van der Waals surface area contributed by atoms with Gasteiger partial charge in [0.05, 0.1) is 11.0 Å². The molecule has 0 atom stereocenters. The molecule has 0 unspecified atom stereocenters. The molecule has 0 amide bonds. The van der Waals surface area contributed by atoms with Gasteiger partial charge < -0.3 is 9.55 Å². The topological polar surface area (TPSA) is 20.7 Å². The smallest absolute Gasteiger partial charge is 0.178 e. The molecule has 1 aromatic heterocycles. The first kappa shape index (κ1) is 13.9. The Morgan fingerprint density at radius 2 is 2.05 bits per heavy atom. The van der Waals surface area contributed by atoms with Gasteiger partial charge >= 0.3 is 0 Å². The number of aromatic nitrogens is 2. The van der Waals surface area contributed by atoms with E-state index in [0.717, 1.165) is 10.0 Å². The molecule has 1 aromatic carbocycles. The molecule has 0 spiro atoms. The highest BCUT2D eigenvalue weighted by Crippen LogP contribution is 2.35. The minimum absolute atomic E-state index is 0.574. The van der Waals surface area contributed by atoms with Crippen molar-refractivity contribution in [2.45, 2.75) is 37.0 Å². The second-order valence-corrected chi connectivity index (χ2v) is 7.90. The van der Waals surface area contributed by atoms with Crippen molar-refractivity contribution in [1.82, 2.24) is 9.55 Å². The average molecular weight is 404 g/mol. The second-order valence-electron chi connectivity index (χ2n) is 5.13. The zero-order chi connectivity index (χ0) is 13.4. The number of nitrogens with one attached hydrogen (secondary N) is 1. The highest BCUT2D eigenvalue weighted by Gasteiger charge is 2.23. The van der Waals surface area contributed by atoms with E-state index in [-0.39, 0.29) is 0 Å². The van der Waals surface area contributed by atoms with Crippen LogP contribution in [0.2, 0.25) is 0 Å². The van der Waals surface area contributed by atoms with Crippen LogP contribution in [0.1, 0.15) is 31.7 Å². The van der Waals surface area contributed by atoms with Gasteiger partial charge in [0.1, 0.15) is 0 Å². The summed E-state index contributed by atoms with van der Waals surface area (Å²) < 4.78 is 4.47. The maximum Gasteiger partial charge on any atom is 0.178 e. The molecule has 1 fully saturated rings. The first-order chi connectivity index (χ1) is 9.19. The molecule has 102 valence electrons. The fourth-order valence-corrected chi connectivity index (χ4v) is 4.60. The zero-order valence-electron chi connectivity index (χ0n) is 10.9. The summed E-state index contributed by atoms with van der Waals surface area (Å²) >= 11 is 9.89. The maximum absolute atomic E-state index is 5.53. The molecule has 0 bridgehead atoms. The normalized spacial score (nSPS) is 23.9. The minimum Gasteiger partial charge on any atom is -0.331 e. The number of benzene rings is 1. The summed E-state index contributed by atoms with van der Waals surface area (Å²) in [6.45, 7) is 0. The third-order valence-electron chi connectivity index (χ3n) is 4.02. The molecule has 1 saturated carbocycles. The number of imidazole rings is 1. The summed E-state index contributed by atoms with van der Waals surface area (Å²) in [6.07, 6.45) is 7.34. The van der Waals surface area contributed by atoms with Crippen molar-refractivity contribution >= 4 is 57.6 Å². The summed E-state index contributed by atoms with van der Waals surface area (Å²) in [6, 6.07) is 7.11. The molecule has 5 heteroatoms. The monoisotopic (exact) mass is 404 g/mol. The summed E-state index contributed by atoms with van der Waals surface area (Å²) in [4.78, 5) is 3.36. The number of nitrogens with zero attached hydrogens (tertiary/aromatic N) is 1. The fraction of sp³-hybridized carbons (Fsp3) is 0.500. The van der Waals surface area contributed by atoms with Crippen molar-refractivity contribution in [2.24, 2.45) is 0 Å². The SMILES string of the molecule is CSC1CCC(n2c(=S)[nH]c3cc(I)ccc32)CC1. The van der Waals surface area contributed by atoms with E-state index in [1.54, 1.807) is 0 Å². The predicted molar refractivity (Wildman–Crippen MR) is 94.6 cm³/mol. The molecule has 0 radical (unpaired) electrons. The third-order valence-corrected chi connectivity index (χ3v) is 6.13. The lowest BCUT2D eigenvalue weighted by molar-refractivity contribution is 0.364. The van der Waals surface area contributed by atoms with E-state index >= 15 is 0 Å². The number of aromatic amines is 1. The average Bonchev–Trinajstić information content (AvgIpc) is 2.74. The van der Waals surface area contributed by atoms with Crippen LogP contribution in [0, 0.1) is 8.34 Å². The Hall–Kier alpha value is -0.0100. The van der Waals surface area contributed by atoms with Gasteiger partial charge in [0, 0.05) is 14.9 Å². The summed E-state index contributed by atoms with van der Waals surface area (Å²) in [5, 5.41) is 0.844. The number of hydrogen-bond acceptors (Lipinski definition) is 2. The van der Waals surface area contributed by atoms with E-state index in [1.165, 1.54) is 40.3 Å². The highest BCUT2D eigenvalue weighted by molar-refractivity contribution is 14.1. The van der Waals surface area contributed by atoms with Crippen LogP contribution in [0.5, 0.6) is 0 Å². The Bertz CT molecular complexity index is 638. The first-order valence-electron chi connectivity index (χ1n) is 6.61. The number of fused-ring (bicyclic) bond motifs is 1. The van der Waals surface area contributed by atoms with Gasteiger partial charge in [-0.1, -0.05) is 0 Å². The second kappa shape index (κ2) is 5.77. The molecule has 2 aromatic rings. The highest BCUT2D eigenvalue weighted by atomic mass is 127. The van der Waals surface area contributed by atoms with Crippen LogP contribution in [0.3, 0.4) is 0 Å². The number of H-pyrrole nitrogens is 1. The van der Waals surface area contributed by atoms with E-state index in [1.807, 2.05) is 11.8 Å². The van der Waals surface area contributed by atoms with Crippen molar-refractivity contribution in [1.29, 1.82) is 0 Å². The molecule has 3 rings (SSSR count). The van der Waals surface area contributed by atoms with E-state index in [9.17, 15) is 0 Å². The molecule has 1 heterocycles. The quantitative estimate of drug-likeness (QED) is 0.552. The Morgan fingerprint density at radius 1 is 1.32 bits per heavy atom. The van der Waals surface area contributed by atoms with Gasteiger partial charge in [-0.3, -0.25) is 0 Å². The van der Waals surface area contributed by atoms with Gasteiger partial charge in [-0.25, -0.2) is 0 Å². The molecule has 1 aliphatic carbocycles. The van der Waals surface area contributed by atoms with Crippen molar-refractivity contribution in [3.05, 3.63) is 26.5 Å². The molecule has 1 aliphatic rings.